The van der Waals surface area contributed by atoms with E-state index in [4.69, 9.17) is 5.26 Å². The molecule has 1 aliphatic carbocycles. The van der Waals surface area contributed by atoms with Gasteiger partial charge in [0.15, 0.2) is 0 Å². The van der Waals surface area contributed by atoms with Gasteiger partial charge >= 0.3 is 0 Å². The number of carbonyl (C=O) groups is 1. The molecule has 164 valence electrons. The summed E-state index contributed by atoms with van der Waals surface area (Å²) in [6, 6.07) is 9.47. The largest absolute Gasteiger partial charge is 0.325 e. The van der Waals surface area contributed by atoms with Crippen molar-refractivity contribution in [1.29, 1.82) is 5.26 Å². The maximum Gasteiger partial charge on any atom is 0.269 e. The average Bonchev–Trinajstić information content (AvgIpc) is 2.76. The van der Waals surface area contributed by atoms with Crippen molar-refractivity contribution in [1.82, 2.24) is 8.87 Å². The Morgan fingerprint density at radius 1 is 1.19 bits per heavy atom. The lowest BCUT2D eigenvalue weighted by atomic mass is 9.96. The average molecular weight is 443 g/mol. The number of hydrogen-bond acceptors (Lipinski definition) is 5. The van der Waals surface area contributed by atoms with E-state index in [-0.39, 0.29) is 23.0 Å². The van der Waals surface area contributed by atoms with Gasteiger partial charge in [0.05, 0.1) is 4.90 Å². The van der Waals surface area contributed by atoms with Gasteiger partial charge in [-0.3, -0.25) is 9.59 Å². The molecular weight excluding hydrogens is 416 g/mol. The number of aryl methyl sites for hydroxylation is 1. The Bertz CT molecular complexity index is 1160. The Kier molecular flexibility index (Phi) is 6.93. The molecule has 8 nitrogen and oxygen atoms in total. The summed E-state index contributed by atoms with van der Waals surface area (Å²) in [5.41, 5.74) is 0.459. The molecule has 1 aliphatic rings. The van der Waals surface area contributed by atoms with Crippen molar-refractivity contribution in [3.8, 4) is 6.07 Å². The lowest BCUT2D eigenvalue weighted by molar-refractivity contribution is -0.116. The van der Waals surface area contributed by atoms with Crippen molar-refractivity contribution >= 4 is 21.6 Å². The zero-order valence-corrected chi connectivity index (χ0v) is 18.5. The van der Waals surface area contributed by atoms with Crippen LogP contribution in [0.5, 0.6) is 0 Å². The van der Waals surface area contributed by atoms with E-state index in [1.54, 1.807) is 20.0 Å². The number of anilines is 1. The molecule has 0 unspecified atom stereocenters. The molecule has 1 aromatic heterocycles. The minimum absolute atomic E-state index is 0.00643. The SMILES string of the molecule is Cc1ccn(CC(=O)Nc2ccc(S(=O)(=O)N(C)C3CCCCC3)cc2)c(=O)c1C#N. The van der Waals surface area contributed by atoms with Gasteiger partial charge in [0.2, 0.25) is 15.9 Å². The fraction of sp³-hybridized carbons (Fsp3) is 0.409. The minimum Gasteiger partial charge on any atom is -0.325 e. The van der Waals surface area contributed by atoms with Gasteiger partial charge in [0.1, 0.15) is 18.2 Å². The Balaban J connectivity index is 1.68. The second kappa shape index (κ2) is 9.45. The van der Waals surface area contributed by atoms with E-state index in [2.05, 4.69) is 5.32 Å². The molecule has 1 heterocycles. The number of pyridine rings is 1. The molecule has 9 heteroatoms. The summed E-state index contributed by atoms with van der Waals surface area (Å²) < 4.78 is 28.4. The molecule has 1 saturated carbocycles. The van der Waals surface area contributed by atoms with Crippen molar-refractivity contribution in [3.05, 3.63) is 58.0 Å². The van der Waals surface area contributed by atoms with E-state index in [0.717, 1.165) is 32.1 Å². The summed E-state index contributed by atoms with van der Waals surface area (Å²) >= 11 is 0. The van der Waals surface area contributed by atoms with Crippen molar-refractivity contribution < 1.29 is 13.2 Å². The quantitative estimate of drug-likeness (QED) is 0.739. The molecule has 1 aromatic carbocycles. The van der Waals surface area contributed by atoms with Crippen LogP contribution in [-0.2, 0) is 21.4 Å². The number of benzene rings is 1. The molecule has 31 heavy (non-hydrogen) atoms. The maximum absolute atomic E-state index is 12.9. The fourth-order valence-corrected chi connectivity index (χ4v) is 5.21. The zero-order valence-electron chi connectivity index (χ0n) is 17.7. The first-order valence-corrected chi connectivity index (χ1v) is 11.7. The van der Waals surface area contributed by atoms with E-state index in [0.29, 0.717) is 11.3 Å². The van der Waals surface area contributed by atoms with Gasteiger partial charge in [-0.2, -0.15) is 9.57 Å². The molecule has 1 fully saturated rings. The predicted octanol–water partition coefficient (Wildman–Crippen LogP) is 2.62. The van der Waals surface area contributed by atoms with Gasteiger partial charge in [-0.05, 0) is 55.7 Å². The van der Waals surface area contributed by atoms with Crippen LogP contribution in [0.2, 0.25) is 0 Å². The van der Waals surface area contributed by atoms with E-state index < -0.39 is 21.5 Å². The maximum atomic E-state index is 12.9. The number of amides is 1. The Morgan fingerprint density at radius 2 is 1.84 bits per heavy atom. The third-order valence-electron chi connectivity index (χ3n) is 5.70. The summed E-state index contributed by atoms with van der Waals surface area (Å²) in [4.78, 5) is 24.8. The minimum atomic E-state index is -3.61. The second-order valence-corrected chi connectivity index (χ2v) is 9.80. The number of aromatic nitrogens is 1. The van der Waals surface area contributed by atoms with Gasteiger partial charge in [-0.1, -0.05) is 19.3 Å². The van der Waals surface area contributed by atoms with Crippen LogP contribution < -0.4 is 10.9 Å². The van der Waals surface area contributed by atoms with Crippen molar-refractivity contribution in [2.24, 2.45) is 0 Å². The monoisotopic (exact) mass is 442 g/mol. The number of nitrogens with one attached hydrogen (secondary N) is 1. The van der Waals surface area contributed by atoms with E-state index >= 15 is 0 Å². The first kappa shape index (κ1) is 22.7. The molecule has 0 radical (unpaired) electrons. The first-order valence-electron chi connectivity index (χ1n) is 10.2. The summed E-state index contributed by atoms with van der Waals surface area (Å²) in [7, 11) is -1.98. The van der Waals surface area contributed by atoms with Crippen molar-refractivity contribution in [2.75, 3.05) is 12.4 Å². The van der Waals surface area contributed by atoms with Crippen LogP contribution in [0.25, 0.3) is 0 Å². The molecule has 1 N–H and O–H groups in total. The van der Waals surface area contributed by atoms with Gasteiger partial charge in [0.25, 0.3) is 5.56 Å². The van der Waals surface area contributed by atoms with E-state index in [9.17, 15) is 18.0 Å². The number of rotatable bonds is 6. The van der Waals surface area contributed by atoms with Crippen LogP contribution in [0, 0.1) is 18.3 Å². The van der Waals surface area contributed by atoms with Crippen molar-refractivity contribution in [3.63, 3.8) is 0 Å². The molecule has 2 aromatic rings. The Morgan fingerprint density at radius 3 is 2.45 bits per heavy atom. The third-order valence-corrected chi connectivity index (χ3v) is 7.63. The van der Waals surface area contributed by atoms with Crippen LogP contribution in [0.15, 0.2) is 46.2 Å². The van der Waals surface area contributed by atoms with Gasteiger partial charge < -0.3 is 9.88 Å². The Hall–Kier alpha value is -2.96. The van der Waals surface area contributed by atoms with Gasteiger partial charge in [-0.25, -0.2) is 8.42 Å². The molecule has 1 amide bonds. The molecule has 0 saturated heterocycles. The van der Waals surface area contributed by atoms with Crippen molar-refractivity contribution in [2.45, 2.75) is 56.5 Å². The van der Waals surface area contributed by atoms with E-state index in [1.165, 1.54) is 39.3 Å². The van der Waals surface area contributed by atoms with Crippen LogP contribution in [-0.4, -0.2) is 36.3 Å². The number of carbonyl (C=O) groups excluding carboxylic acids is 1. The predicted molar refractivity (Wildman–Crippen MR) is 117 cm³/mol. The second-order valence-electron chi connectivity index (χ2n) is 7.80. The normalized spacial score (nSPS) is 14.9. The third kappa shape index (κ3) is 5.03. The highest BCUT2D eigenvalue weighted by Gasteiger charge is 2.28. The molecular formula is C22H26N4O4S. The lowest BCUT2D eigenvalue weighted by Gasteiger charge is -2.30. The number of sulfonamides is 1. The topological polar surface area (TPSA) is 112 Å². The molecule has 0 spiro atoms. The summed E-state index contributed by atoms with van der Waals surface area (Å²) in [6.07, 6.45) is 6.43. The van der Waals surface area contributed by atoms with Crippen LogP contribution in [0.3, 0.4) is 0 Å². The zero-order chi connectivity index (χ0) is 22.6. The van der Waals surface area contributed by atoms with Gasteiger partial charge in [0, 0.05) is 25.0 Å². The first-order chi connectivity index (χ1) is 14.7. The summed E-state index contributed by atoms with van der Waals surface area (Å²) in [5, 5.41) is 11.7. The van der Waals surface area contributed by atoms with Crippen LogP contribution in [0.4, 0.5) is 5.69 Å². The van der Waals surface area contributed by atoms with Crippen LogP contribution >= 0.6 is 0 Å². The highest BCUT2D eigenvalue weighted by molar-refractivity contribution is 7.89. The summed E-state index contributed by atoms with van der Waals surface area (Å²) in [6.45, 7) is 1.41. The highest BCUT2D eigenvalue weighted by atomic mass is 32.2. The van der Waals surface area contributed by atoms with Gasteiger partial charge in [-0.15, -0.1) is 0 Å². The highest BCUT2D eigenvalue weighted by Crippen LogP contribution is 2.27. The number of nitriles is 1. The van der Waals surface area contributed by atoms with Crippen LogP contribution in [0.1, 0.15) is 43.2 Å². The molecule has 3 rings (SSSR count). The smallest absolute Gasteiger partial charge is 0.269 e. The molecule has 0 bridgehead atoms. The lowest BCUT2D eigenvalue weighted by Crippen LogP contribution is -2.38. The standard InChI is InChI=1S/C22H26N4O4S/c1-16-12-13-26(22(28)20(16)14-23)15-21(27)24-17-8-10-19(11-9-17)31(29,30)25(2)18-6-4-3-5-7-18/h8-13,18H,3-7,15H2,1-2H3,(H,24,27). The number of hydrogen-bond donors (Lipinski definition) is 1. The Labute approximate surface area is 182 Å². The fourth-order valence-electron chi connectivity index (χ4n) is 3.80. The molecule has 0 aliphatic heterocycles. The van der Waals surface area contributed by atoms with E-state index in [1.807, 2.05) is 6.07 Å². The number of nitrogens with zero attached hydrogens (tertiary/aromatic N) is 3. The summed E-state index contributed by atoms with van der Waals surface area (Å²) in [5.74, 6) is -0.454. The molecule has 0 atom stereocenters.